The summed E-state index contributed by atoms with van der Waals surface area (Å²) in [7, 11) is 1.44. The Morgan fingerprint density at radius 2 is 2.17 bits per heavy atom. The minimum absolute atomic E-state index is 0.170. The normalized spacial score (nSPS) is 18.6. The van der Waals surface area contributed by atoms with Gasteiger partial charge in [0, 0.05) is 13.1 Å². The van der Waals surface area contributed by atoms with E-state index in [9.17, 15) is 4.79 Å². The third-order valence-corrected chi connectivity index (χ3v) is 4.95. The number of fused-ring (bicyclic) bond motifs is 1. The van der Waals surface area contributed by atoms with E-state index in [1.807, 2.05) is 19.9 Å². The molecule has 2 aromatic rings. The number of piperidine rings is 1. The van der Waals surface area contributed by atoms with Crippen molar-refractivity contribution < 1.29 is 9.53 Å². The first-order valence-corrected chi connectivity index (χ1v) is 8.14. The maximum absolute atomic E-state index is 12.1. The predicted octanol–water partition coefficient (Wildman–Crippen LogP) is 2.02. The fourth-order valence-corrected chi connectivity index (χ4v) is 3.38. The van der Waals surface area contributed by atoms with Gasteiger partial charge in [0.05, 0.1) is 17.9 Å². The molecule has 0 aliphatic carbocycles. The van der Waals surface area contributed by atoms with Crippen LogP contribution in [0.15, 0.2) is 18.5 Å². The first-order chi connectivity index (χ1) is 11.4. The zero-order chi connectivity index (χ0) is 17.3. The van der Waals surface area contributed by atoms with E-state index in [1.54, 1.807) is 6.07 Å². The van der Waals surface area contributed by atoms with Crippen LogP contribution in [0.25, 0.3) is 11.0 Å². The molecule has 0 spiro atoms. The number of nitrogens with zero attached hydrogens (tertiary/aromatic N) is 4. The van der Waals surface area contributed by atoms with Crippen molar-refractivity contribution in [1.82, 2.24) is 15.0 Å². The zero-order valence-electron chi connectivity index (χ0n) is 14.3. The summed E-state index contributed by atoms with van der Waals surface area (Å²) in [5, 5.41) is 0.878. The van der Waals surface area contributed by atoms with Gasteiger partial charge in [-0.2, -0.15) is 0 Å². The van der Waals surface area contributed by atoms with Gasteiger partial charge in [0.15, 0.2) is 5.65 Å². The number of nitrogen functional groups attached to an aromatic ring is 1. The number of esters is 1. The number of carbonyl (C=O) groups is 1. The van der Waals surface area contributed by atoms with Gasteiger partial charge in [0.1, 0.15) is 18.0 Å². The lowest BCUT2D eigenvalue weighted by Crippen LogP contribution is -2.45. The van der Waals surface area contributed by atoms with Gasteiger partial charge < -0.3 is 15.4 Å². The van der Waals surface area contributed by atoms with E-state index in [-0.39, 0.29) is 11.9 Å². The van der Waals surface area contributed by atoms with Crippen molar-refractivity contribution in [2.45, 2.75) is 26.7 Å². The molecule has 0 aromatic carbocycles. The molecule has 128 valence electrons. The van der Waals surface area contributed by atoms with Crippen LogP contribution in [-0.2, 0) is 9.53 Å². The Morgan fingerprint density at radius 1 is 1.38 bits per heavy atom. The van der Waals surface area contributed by atoms with Crippen LogP contribution in [0.2, 0.25) is 0 Å². The molecule has 3 heterocycles. The number of carbonyl (C=O) groups excluding carboxylic acids is 1. The summed E-state index contributed by atoms with van der Waals surface area (Å²) in [6.07, 6.45) is 3.50. The van der Waals surface area contributed by atoms with E-state index >= 15 is 0 Å². The Hall–Kier alpha value is -2.44. The second-order valence-electron chi connectivity index (χ2n) is 6.80. The maximum atomic E-state index is 12.1. The summed E-state index contributed by atoms with van der Waals surface area (Å²) in [6, 6.07) is 3.66. The Labute approximate surface area is 141 Å². The molecular weight excluding hydrogens is 306 g/mol. The highest BCUT2D eigenvalue weighted by molar-refractivity contribution is 5.87. The van der Waals surface area contributed by atoms with Crippen LogP contribution in [-0.4, -0.2) is 41.1 Å². The van der Waals surface area contributed by atoms with Gasteiger partial charge in [-0.3, -0.25) is 4.79 Å². The van der Waals surface area contributed by atoms with Crippen molar-refractivity contribution in [3.8, 4) is 0 Å². The van der Waals surface area contributed by atoms with Crippen molar-refractivity contribution in [3.63, 3.8) is 0 Å². The standard InChI is InChI=1S/C17H23N5O2/c1-17(2,16(23)24-3)11-5-4-8-22(9-11)15-12-6-7-13(18)21-14(12)19-10-20-15/h6-7,10-11H,4-5,8-9H2,1-3H3,(H2,18,19,20,21). The molecule has 24 heavy (non-hydrogen) atoms. The van der Waals surface area contributed by atoms with Crippen LogP contribution < -0.4 is 10.6 Å². The fraction of sp³-hybridized carbons (Fsp3) is 0.529. The predicted molar refractivity (Wildman–Crippen MR) is 92.5 cm³/mol. The third-order valence-electron chi connectivity index (χ3n) is 4.95. The summed E-state index contributed by atoms with van der Waals surface area (Å²) >= 11 is 0. The Balaban J connectivity index is 1.92. The van der Waals surface area contributed by atoms with Gasteiger partial charge in [-0.05, 0) is 44.7 Å². The largest absolute Gasteiger partial charge is 0.469 e. The summed E-state index contributed by atoms with van der Waals surface area (Å²) in [5.74, 6) is 1.31. The molecule has 7 nitrogen and oxygen atoms in total. The average Bonchev–Trinajstić information content (AvgIpc) is 2.60. The second kappa shape index (κ2) is 6.22. The molecule has 7 heteroatoms. The van der Waals surface area contributed by atoms with Gasteiger partial charge in [-0.1, -0.05) is 0 Å². The number of anilines is 2. The van der Waals surface area contributed by atoms with Gasteiger partial charge in [0.2, 0.25) is 0 Å². The Morgan fingerprint density at radius 3 is 2.92 bits per heavy atom. The number of methoxy groups -OCH3 is 1. The van der Waals surface area contributed by atoms with Crippen LogP contribution in [0.4, 0.5) is 11.6 Å². The second-order valence-corrected chi connectivity index (χ2v) is 6.80. The van der Waals surface area contributed by atoms with Gasteiger partial charge >= 0.3 is 5.97 Å². The highest BCUT2D eigenvalue weighted by Gasteiger charge is 2.40. The number of ether oxygens (including phenoxy) is 1. The van der Waals surface area contributed by atoms with Crippen molar-refractivity contribution in [3.05, 3.63) is 18.5 Å². The lowest BCUT2D eigenvalue weighted by Gasteiger charge is -2.40. The lowest BCUT2D eigenvalue weighted by molar-refractivity contribution is -0.154. The van der Waals surface area contributed by atoms with E-state index in [0.717, 1.165) is 37.1 Å². The minimum atomic E-state index is -0.529. The van der Waals surface area contributed by atoms with Crippen LogP contribution in [0.1, 0.15) is 26.7 Å². The number of pyridine rings is 1. The van der Waals surface area contributed by atoms with Gasteiger partial charge in [-0.25, -0.2) is 15.0 Å². The third kappa shape index (κ3) is 2.86. The lowest BCUT2D eigenvalue weighted by atomic mass is 9.74. The highest BCUT2D eigenvalue weighted by Crippen LogP contribution is 2.37. The number of hydrogen-bond donors (Lipinski definition) is 1. The number of aromatic nitrogens is 3. The van der Waals surface area contributed by atoms with Crippen molar-refractivity contribution in [1.29, 1.82) is 0 Å². The monoisotopic (exact) mass is 329 g/mol. The summed E-state index contributed by atoms with van der Waals surface area (Å²) in [6.45, 7) is 5.55. The van der Waals surface area contributed by atoms with E-state index in [4.69, 9.17) is 10.5 Å². The molecule has 1 aliphatic heterocycles. The Kier molecular flexibility index (Phi) is 4.26. The summed E-state index contributed by atoms with van der Waals surface area (Å²) < 4.78 is 4.99. The molecule has 0 saturated carbocycles. The molecule has 1 unspecified atom stereocenters. The molecule has 2 aromatic heterocycles. The van der Waals surface area contributed by atoms with E-state index < -0.39 is 5.41 Å². The molecule has 1 fully saturated rings. The quantitative estimate of drug-likeness (QED) is 0.861. The van der Waals surface area contributed by atoms with Crippen LogP contribution in [0.5, 0.6) is 0 Å². The molecular formula is C17H23N5O2. The van der Waals surface area contributed by atoms with Crippen LogP contribution >= 0.6 is 0 Å². The smallest absolute Gasteiger partial charge is 0.311 e. The molecule has 0 bridgehead atoms. The number of hydrogen-bond acceptors (Lipinski definition) is 7. The van der Waals surface area contributed by atoms with Gasteiger partial charge in [0.25, 0.3) is 0 Å². The van der Waals surface area contributed by atoms with Crippen molar-refractivity contribution in [2.75, 3.05) is 30.8 Å². The molecule has 0 radical (unpaired) electrons. The fourth-order valence-electron chi connectivity index (χ4n) is 3.38. The van der Waals surface area contributed by atoms with E-state index in [0.29, 0.717) is 11.5 Å². The summed E-state index contributed by atoms with van der Waals surface area (Å²) in [4.78, 5) is 27.3. The molecule has 1 saturated heterocycles. The van der Waals surface area contributed by atoms with E-state index in [1.165, 1.54) is 13.4 Å². The minimum Gasteiger partial charge on any atom is -0.469 e. The van der Waals surface area contributed by atoms with Gasteiger partial charge in [-0.15, -0.1) is 0 Å². The first-order valence-electron chi connectivity index (χ1n) is 8.14. The molecule has 3 rings (SSSR count). The topological polar surface area (TPSA) is 94.2 Å². The van der Waals surface area contributed by atoms with Crippen molar-refractivity contribution >= 4 is 28.6 Å². The highest BCUT2D eigenvalue weighted by atomic mass is 16.5. The number of rotatable bonds is 3. The molecule has 2 N–H and O–H groups in total. The summed E-state index contributed by atoms with van der Waals surface area (Å²) in [5.41, 5.74) is 5.81. The molecule has 1 atom stereocenters. The van der Waals surface area contributed by atoms with Crippen LogP contribution in [0.3, 0.4) is 0 Å². The zero-order valence-corrected chi connectivity index (χ0v) is 14.3. The van der Waals surface area contributed by atoms with E-state index in [2.05, 4.69) is 19.9 Å². The van der Waals surface area contributed by atoms with Crippen LogP contribution in [0, 0.1) is 11.3 Å². The molecule has 1 aliphatic rings. The first kappa shape index (κ1) is 16.4. The Bertz CT molecular complexity index is 762. The molecule has 0 amide bonds. The maximum Gasteiger partial charge on any atom is 0.311 e. The SMILES string of the molecule is COC(=O)C(C)(C)C1CCCN(c2ncnc3nc(N)ccc23)C1. The average molecular weight is 329 g/mol. The van der Waals surface area contributed by atoms with Crippen molar-refractivity contribution in [2.24, 2.45) is 11.3 Å². The number of nitrogens with two attached hydrogens (primary N) is 1.